The molecule has 0 aromatic heterocycles. The summed E-state index contributed by atoms with van der Waals surface area (Å²) in [4.78, 5) is 38.3. The maximum atomic E-state index is 12.9. The van der Waals surface area contributed by atoms with Crippen molar-refractivity contribution in [3.63, 3.8) is 0 Å². The van der Waals surface area contributed by atoms with E-state index in [1.54, 1.807) is 0 Å². The van der Waals surface area contributed by atoms with Gasteiger partial charge < -0.3 is 14.2 Å². The number of unbranched alkanes of at least 4 members (excludes halogenated alkanes) is 36. The number of hydrogen-bond donors (Lipinski definition) is 0. The lowest BCUT2D eigenvalue weighted by atomic mass is 10.0. The Kier molecular flexibility index (Phi) is 60.7. The lowest BCUT2D eigenvalue weighted by molar-refractivity contribution is -0.167. The second kappa shape index (κ2) is 63.4. The van der Waals surface area contributed by atoms with Crippen LogP contribution in [-0.2, 0) is 28.6 Å². The molecule has 0 radical (unpaired) electrons. The van der Waals surface area contributed by atoms with E-state index in [-0.39, 0.29) is 31.1 Å². The number of carbonyl (C=O) groups excluding carboxylic acids is 3. The number of allylic oxidation sites excluding steroid dienone is 12. The highest BCUT2D eigenvalue weighted by Crippen LogP contribution is 2.17. The van der Waals surface area contributed by atoms with E-state index in [4.69, 9.17) is 14.2 Å². The van der Waals surface area contributed by atoms with Gasteiger partial charge in [-0.1, -0.05) is 293 Å². The number of ether oxygens (including phenoxy) is 3. The quantitative estimate of drug-likeness (QED) is 0.0261. The predicted octanol–water partition coefficient (Wildman–Crippen LogP) is 22.1. The van der Waals surface area contributed by atoms with Gasteiger partial charge in [-0.3, -0.25) is 14.4 Å². The van der Waals surface area contributed by atoms with E-state index in [1.165, 1.54) is 193 Å². The molecule has 1 atom stereocenters. The molecule has 0 aliphatic carbocycles. The van der Waals surface area contributed by atoms with Crippen LogP contribution in [-0.4, -0.2) is 37.2 Å². The predicted molar refractivity (Wildman–Crippen MR) is 325 cm³/mol. The number of esters is 3. The van der Waals surface area contributed by atoms with E-state index < -0.39 is 6.10 Å². The summed E-state index contributed by atoms with van der Waals surface area (Å²) >= 11 is 0. The van der Waals surface area contributed by atoms with Crippen molar-refractivity contribution < 1.29 is 28.6 Å². The minimum atomic E-state index is -0.779. The van der Waals surface area contributed by atoms with Gasteiger partial charge in [-0.15, -0.1) is 0 Å². The Labute approximate surface area is 465 Å². The standard InChI is InChI=1S/C69H122O6/c1-4-7-10-13-16-19-22-25-28-30-31-32-33-34-35-36-37-39-41-44-47-50-53-56-59-62-68(71)74-65-66(64-73-67(70)61-58-55-52-49-46-43-40-27-24-21-18-15-12-9-6-3)75-69(72)63-60-57-54-51-48-45-42-38-29-26-23-20-17-14-11-8-5-2/h7,10,16-17,19-20,25-26,28-29,31-32,66H,4-6,8-9,11-15,18,21-24,27,30,33-65H2,1-3H3/b10-7-,19-16-,20-17-,28-25-,29-26-,32-31-. The number of rotatable bonds is 59. The smallest absolute Gasteiger partial charge is 0.306 e. The molecule has 434 valence electrons. The summed E-state index contributed by atoms with van der Waals surface area (Å²) in [6.07, 6.45) is 81.9. The molecule has 0 aromatic carbocycles. The Balaban J connectivity index is 4.31. The Bertz CT molecular complexity index is 1390. The van der Waals surface area contributed by atoms with Crippen LogP contribution in [0, 0.1) is 0 Å². The third-order valence-corrected chi connectivity index (χ3v) is 14.2. The van der Waals surface area contributed by atoms with Gasteiger partial charge in [0.05, 0.1) is 0 Å². The highest BCUT2D eigenvalue weighted by molar-refractivity contribution is 5.71. The van der Waals surface area contributed by atoms with E-state index >= 15 is 0 Å². The molecule has 6 nitrogen and oxygen atoms in total. The van der Waals surface area contributed by atoms with Gasteiger partial charge in [0, 0.05) is 19.3 Å². The van der Waals surface area contributed by atoms with Crippen molar-refractivity contribution in [1.82, 2.24) is 0 Å². The molecule has 0 aromatic rings. The lowest BCUT2D eigenvalue weighted by Gasteiger charge is -2.18. The summed E-state index contributed by atoms with van der Waals surface area (Å²) in [5, 5.41) is 0. The van der Waals surface area contributed by atoms with Crippen LogP contribution in [0.4, 0.5) is 0 Å². The van der Waals surface area contributed by atoms with E-state index in [9.17, 15) is 14.4 Å². The topological polar surface area (TPSA) is 78.9 Å². The Morgan fingerprint density at radius 2 is 0.520 bits per heavy atom. The molecule has 0 heterocycles. The van der Waals surface area contributed by atoms with E-state index in [2.05, 4.69) is 93.7 Å². The summed E-state index contributed by atoms with van der Waals surface area (Å²) in [6, 6.07) is 0. The van der Waals surface area contributed by atoms with Crippen LogP contribution in [0.2, 0.25) is 0 Å². The molecule has 0 aliphatic heterocycles. The molecule has 0 spiro atoms. The van der Waals surface area contributed by atoms with Gasteiger partial charge in [-0.2, -0.15) is 0 Å². The van der Waals surface area contributed by atoms with Crippen LogP contribution >= 0.6 is 0 Å². The minimum Gasteiger partial charge on any atom is -0.462 e. The van der Waals surface area contributed by atoms with Gasteiger partial charge in [0.25, 0.3) is 0 Å². The zero-order chi connectivity index (χ0) is 54.3. The van der Waals surface area contributed by atoms with Crippen molar-refractivity contribution in [3.8, 4) is 0 Å². The summed E-state index contributed by atoms with van der Waals surface area (Å²) in [5.41, 5.74) is 0. The molecule has 0 saturated carbocycles. The van der Waals surface area contributed by atoms with Gasteiger partial charge >= 0.3 is 17.9 Å². The first-order valence-corrected chi connectivity index (χ1v) is 32.4. The first-order chi connectivity index (χ1) is 37.0. The average molecular weight is 1050 g/mol. The second-order valence-corrected chi connectivity index (χ2v) is 21.6. The molecule has 0 rings (SSSR count). The normalized spacial score (nSPS) is 12.5. The first kappa shape index (κ1) is 71.8. The van der Waals surface area contributed by atoms with Crippen molar-refractivity contribution >= 4 is 17.9 Å². The van der Waals surface area contributed by atoms with Crippen LogP contribution < -0.4 is 0 Å². The summed E-state index contributed by atoms with van der Waals surface area (Å²) in [7, 11) is 0. The van der Waals surface area contributed by atoms with Crippen molar-refractivity contribution in [3.05, 3.63) is 72.9 Å². The van der Waals surface area contributed by atoms with Crippen molar-refractivity contribution in [1.29, 1.82) is 0 Å². The van der Waals surface area contributed by atoms with Gasteiger partial charge in [0.2, 0.25) is 0 Å². The fourth-order valence-corrected chi connectivity index (χ4v) is 9.35. The molecule has 0 amide bonds. The average Bonchev–Trinajstić information content (AvgIpc) is 3.41. The SMILES string of the molecule is CC/C=C\C/C=C\C/C=C\C/C=C\CCCCCCCCCCCCCCC(=O)OCC(COC(=O)CCCCCCCCCCCCCCCCC)OC(=O)CCCCCCCCC/C=C\C/C=C\CCCCC. The minimum absolute atomic E-state index is 0.0752. The van der Waals surface area contributed by atoms with Crippen LogP contribution in [0.25, 0.3) is 0 Å². The third kappa shape index (κ3) is 61.6. The van der Waals surface area contributed by atoms with Gasteiger partial charge in [0.1, 0.15) is 13.2 Å². The Morgan fingerprint density at radius 1 is 0.280 bits per heavy atom. The highest BCUT2D eigenvalue weighted by atomic mass is 16.6. The zero-order valence-corrected chi connectivity index (χ0v) is 49.8. The first-order valence-electron chi connectivity index (χ1n) is 32.4. The third-order valence-electron chi connectivity index (χ3n) is 14.2. The fraction of sp³-hybridized carbons (Fsp3) is 0.783. The maximum absolute atomic E-state index is 12.9. The highest BCUT2D eigenvalue weighted by Gasteiger charge is 2.19. The molecule has 1 unspecified atom stereocenters. The molecule has 0 N–H and O–H groups in total. The largest absolute Gasteiger partial charge is 0.462 e. The number of carbonyl (C=O) groups is 3. The molecule has 0 bridgehead atoms. The van der Waals surface area contributed by atoms with Crippen LogP contribution in [0.3, 0.4) is 0 Å². The Hall–Kier alpha value is -3.15. The van der Waals surface area contributed by atoms with E-state index in [0.29, 0.717) is 19.3 Å². The van der Waals surface area contributed by atoms with Crippen molar-refractivity contribution in [2.75, 3.05) is 13.2 Å². The van der Waals surface area contributed by atoms with Crippen molar-refractivity contribution in [2.24, 2.45) is 0 Å². The molecule has 0 saturated heterocycles. The molecule has 0 aliphatic rings. The monoisotopic (exact) mass is 1050 g/mol. The summed E-state index contributed by atoms with van der Waals surface area (Å²) < 4.78 is 16.9. The molecular formula is C69H122O6. The van der Waals surface area contributed by atoms with Crippen LogP contribution in [0.1, 0.15) is 329 Å². The van der Waals surface area contributed by atoms with Crippen LogP contribution in [0.15, 0.2) is 72.9 Å². The Morgan fingerprint density at radius 3 is 0.840 bits per heavy atom. The second-order valence-electron chi connectivity index (χ2n) is 21.6. The molecular weight excluding hydrogens is 925 g/mol. The molecule has 0 fully saturated rings. The van der Waals surface area contributed by atoms with Crippen LogP contribution in [0.5, 0.6) is 0 Å². The van der Waals surface area contributed by atoms with E-state index in [0.717, 1.165) is 96.3 Å². The van der Waals surface area contributed by atoms with Gasteiger partial charge in [0.15, 0.2) is 6.10 Å². The fourth-order valence-electron chi connectivity index (χ4n) is 9.35. The van der Waals surface area contributed by atoms with E-state index in [1.807, 2.05) is 0 Å². The lowest BCUT2D eigenvalue weighted by Crippen LogP contribution is -2.30. The van der Waals surface area contributed by atoms with Gasteiger partial charge in [-0.05, 0) is 89.9 Å². The summed E-state index contributed by atoms with van der Waals surface area (Å²) in [6.45, 7) is 6.54. The molecule has 6 heteroatoms. The van der Waals surface area contributed by atoms with Crippen molar-refractivity contribution in [2.45, 2.75) is 335 Å². The summed E-state index contributed by atoms with van der Waals surface area (Å²) in [5.74, 6) is -0.867. The molecule has 75 heavy (non-hydrogen) atoms. The number of hydrogen-bond acceptors (Lipinski definition) is 6. The zero-order valence-electron chi connectivity index (χ0n) is 49.8. The maximum Gasteiger partial charge on any atom is 0.306 e. The van der Waals surface area contributed by atoms with Gasteiger partial charge in [-0.25, -0.2) is 0 Å².